The van der Waals surface area contributed by atoms with E-state index in [1.807, 2.05) is 0 Å². The molecule has 0 fully saturated rings. The lowest BCUT2D eigenvalue weighted by Crippen LogP contribution is -2.73. The third-order valence-electron chi connectivity index (χ3n) is 6.60. The lowest BCUT2D eigenvalue weighted by atomic mass is 9.85. The molecule has 262 valence electrons. The molecule has 0 aliphatic carbocycles. The van der Waals surface area contributed by atoms with E-state index in [4.69, 9.17) is 0 Å². The van der Waals surface area contributed by atoms with Crippen LogP contribution < -0.4 is 0 Å². The second-order valence-electron chi connectivity index (χ2n) is 10.8. The lowest BCUT2D eigenvalue weighted by molar-refractivity contribution is -0.441. The molecule has 1 aromatic rings. The van der Waals surface area contributed by atoms with Gasteiger partial charge in [0.2, 0.25) is 0 Å². The van der Waals surface area contributed by atoms with Crippen molar-refractivity contribution in [2.24, 2.45) is 5.41 Å². The summed E-state index contributed by atoms with van der Waals surface area (Å²) < 4.78 is 234. The number of hydrogen-bond acceptors (Lipinski definition) is 3. The van der Waals surface area contributed by atoms with E-state index >= 15 is 0 Å². The van der Waals surface area contributed by atoms with E-state index in [0.717, 1.165) is 38.1 Å². The number of halogens is 18. The van der Waals surface area contributed by atoms with E-state index in [1.165, 1.54) is 0 Å². The summed E-state index contributed by atoms with van der Waals surface area (Å²) in [5, 5.41) is 9.69. The molecule has 2 unspecified atom stereocenters. The fourth-order valence-electron chi connectivity index (χ4n) is 3.37. The van der Waals surface area contributed by atoms with Crippen LogP contribution in [0.1, 0.15) is 50.1 Å². The first kappa shape index (κ1) is 41.0. The molecule has 0 amide bonds. The number of carbonyl (C=O) groups excluding carboxylic acids is 1. The Bertz CT molecular complexity index is 1200. The fourth-order valence-corrected chi connectivity index (χ4v) is 4.48. The van der Waals surface area contributed by atoms with Gasteiger partial charge in [-0.25, -0.2) is 0 Å². The minimum atomic E-state index is -8.24. The second kappa shape index (κ2) is 11.9. The number of esters is 1. The van der Waals surface area contributed by atoms with Crippen LogP contribution in [0.15, 0.2) is 24.3 Å². The molecule has 2 atom stereocenters. The lowest BCUT2D eigenvalue weighted by Gasteiger charge is -2.42. The molecule has 0 aromatic heterocycles. The third kappa shape index (κ3) is 6.97. The average molecular weight is 761 g/mol. The zero-order valence-corrected chi connectivity index (χ0v) is 24.5. The van der Waals surface area contributed by atoms with Crippen LogP contribution in [-0.4, -0.2) is 65.3 Å². The predicted octanol–water partition coefficient (Wildman–Crippen LogP) is 9.32. The van der Waals surface area contributed by atoms with Crippen molar-refractivity contribution in [2.75, 3.05) is 6.61 Å². The number of benzene rings is 1. The van der Waals surface area contributed by atoms with Crippen LogP contribution >= 0.6 is 15.9 Å². The van der Waals surface area contributed by atoms with Crippen molar-refractivity contribution in [3.63, 3.8) is 0 Å². The summed E-state index contributed by atoms with van der Waals surface area (Å²) >= 11 is 2.99. The standard InChI is InChI=1S/C24H22BrF17O3/c1-15(2,9-13(25)11-5-7-12(8-6-11)16(3,44)24(40,41)42)14(43)45-10-18(28,29)20(32,33)22(36,37)23(38,39)21(34,35)19(30,31)17(4,26)27/h5-8,13,44H,9-10H2,1-4H3. The van der Waals surface area contributed by atoms with E-state index in [-0.39, 0.29) is 5.56 Å². The Balaban J connectivity index is 3.19. The van der Waals surface area contributed by atoms with Crippen LogP contribution in [0.5, 0.6) is 0 Å². The Morgan fingerprint density at radius 1 is 0.689 bits per heavy atom. The maximum absolute atomic E-state index is 14.1. The first-order valence-corrected chi connectivity index (χ1v) is 12.7. The molecule has 21 heteroatoms. The molecule has 0 saturated heterocycles. The highest BCUT2D eigenvalue weighted by Crippen LogP contribution is 2.62. The average Bonchev–Trinajstić information content (AvgIpc) is 2.85. The van der Waals surface area contributed by atoms with Gasteiger partial charge in [0.15, 0.2) is 12.2 Å². The molecule has 0 aliphatic rings. The van der Waals surface area contributed by atoms with Gasteiger partial charge in [-0.1, -0.05) is 40.2 Å². The highest BCUT2D eigenvalue weighted by atomic mass is 79.9. The summed E-state index contributed by atoms with van der Waals surface area (Å²) in [6, 6.07) is 3.67. The van der Waals surface area contributed by atoms with Gasteiger partial charge in [-0.05, 0) is 38.3 Å². The minimum absolute atomic E-state index is 0.0757. The maximum atomic E-state index is 14.1. The topological polar surface area (TPSA) is 46.5 Å². The van der Waals surface area contributed by atoms with Crippen molar-refractivity contribution < 1.29 is 89.3 Å². The van der Waals surface area contributed by atoms with Gasteiger partial charge in [0.25, 0.3) is 0 Å². The number of ether oxygens (including phenoxy) is 1. The van der Waals surface area contributed by atoms with Crippen molar-refractivity contribution in [1.82, 2.24) is 0 Å². The van der Waals surface area contributed by atoms with Gasteiger partial charge in [-0.15, -0.1) is 0 Å². The smallest absolute Gasteiger partial charge is 0.421 e. The first-order chi connectivity index (χ1) is 19.5. The van der Waals surface area contributed by atoms with Gasteiger partial charge in [-0.3, -0.25) is 4.79 Å². The van der Waals surface area contributed by atoms with Crippen LogP contribution in [0.2, 0.25) is 0 Å². The number of rotatable bonds is 13. The quantitative estimate of drug-likeness (QED) is 0.124. The molecule has 1 N–H and O–H groups in total. The van der Waals surface area contributed by atoms with Crippen LogP contribution in [0, 0.1) is 5.41 Å². The molecule has 0 radical (unpaired) electrons. The molecule has 1 aromatic carbocycles. The summed E-state index contributed by atoms with van der Waals surface area (Å²) in [6.07, 6.45) is -5.67. The van der Waals surface area contributed by atoms with Crippen molar-refractivity contribution in [2.45, 2.75) is 92.2 Å². The molecule has 45 heavy (non-hydrogen) atoms. The Hall–Kier alpha value is -2.06. The molecule has 0 saturated carbocycles. The summed E-state index contributed by atoms with van der Waals surface area (Å²) in [4.78, 5) is 11.3. The first-order valence-electron chi connectivity index (χ1n) is 11.8. The summed E-state index contributed by atoms with van der Waals surface area (Å²) in [5.41, 5.74) is -5.93. The zero-order chi connectivity index (χ0) is 36.3. The molecular formula is C24H22BrF17O3. The Morgan fingerprint density at radius 2 is 1.07 bits per heavy atom. The zero-order valence-electron chi connectivity index (χ0n) is 22.9. The summed E-state index contributed by atoms with van der Waals surface area (Å²) in [5.74, 6) is -54.5. The Labute approximate surface area is 251 Å². The number of aliphatic hydroxyl groups is 1. The highest BCUT2D eigenvalue weighted by molar-refractivity contribution is 9.09. The van der Waals surface area contributed by atoms with Gasteiger partial charge in [0, 0.05) is 11.8 Å². The number of carbonyl (C=O) groups is 1. The van der Waals surface area contributed by atoms with Crippen LogP contribution in [0.4, 0.5) is 74.6 Å². The molecule has 0 bridgehead atoms. The highest BCUT2D eigenvalue weighted by Gasteiger charge is 2.92. The van der Waals surface area contributed by atoms with Crippen LogP contribution in [-0.2, 0) is 15.1 Å². The summed E-state index contributed by atoms with van der Waals surface area (Å²) in [6.45, 7) is -2.20. The van der Waals surface area contributed by atoms with Gasteiger partial charge < -0.3 is 9.84 Å². The van der Waals surface area contributed by atoms with Crippen molar-refractivity contribution in [3.05, 3.63) is 35.4 Å². The van der Waals surface area contributed by atoms with Gasteiger partial charge in [0.1, 0.15) is 0 Å². The SMILES string of the molecule is CC(C)(CC(Br)c1ccc(C(C)(O)C(F)(F)F)cc1)C(=O)OCC(F)(F)C(F)(F)C(F)(F)C(F)(F)C(F)(F)C(F)(F)C(C)(F)F. The van der Waals surface area contributed by atoms with Gasteiger partial charge in [0.05, 0.1) is 5.41 Å². The fraction of sp³-hybridized carbons (Fsp3) is 0.708. The molecule has 3 nitrogen and oxygen atoms in total. The number of hydrogen-bond donors (Lipinski definition) is 1. The largest absolute Gasteiger partial charge is 0.459 e. The molecule has 0 spiro atoms. The van der Waals surface area contributed by atoms with E-state index < -0.39 is 95.0 Å². The van der Waals surface area contributed by atoms with Gasteiger partial charge >= 0.3 is 53.6 Å². The molecular weight excluding hydrogens is 739 g/mol. The minimum Gasteiger partial charge on any atom is -0.459 e. The van der Waals surface area contributed by atoms with Crippen LogP contribution in [0.25, 0.3) is 0 Å². The normalized spacial score (nSPS) is 17.1. The third-order valence-corrected chi connectivity index (χ3v) is 7.45. The van der Waals surface area contributed by atoms with E-state index in [0.29, 0.717) is 6.92 Å². The van der Waals surface area contributed by atoms with Crippen molar-refractivity contribution >= 4 is 21.9 Å². The molecule has 0 heterocycles. The Kier molecular flexibility index (Phi) is 10.8. The summed E-state index contributed by atoms with van der Waals surface area (Å²) in [7, 11) is 0. The molecule has 0 aliphatic heterocycles. The number of alkyl halides is 18. The van der Waals surface area contributed by atoms with Crippen molar-refractivity contribution in [3.8, 4) is 0 Å². The van der Waals surface area contributed by atoms with E-state index in [2.05, 4.69) is 20.7 Å². The van der Waals surface area contributed by atoms with Crippen LogP contribution in [0.3, 0.4) is 0 Å². The molecule has 1 rings (SSSR count). The maximum Gasteiger partial charge on any atom is 0.421 e. The second-order valence-corrected chi connectivity index (χ2v) is 11.9. The van der Waals surface area contributed by atoms with Crippen molar-refractivity contribution in [1.29, 1.82) is 0 Å². The van der Waals surface area contributed by atoms with E-state index in [9.17, 15) is 84.5 Å². The van der Waals surface area contributed by atoms with E-state index in [1.54, 1.807) is 0 Å². The Morgan fingerprint density at radius 3 is 1.44 bits per heavy atom. The monoisotopic (exact) mass is 760 g/mol. The predicted molar refractivity (Wildman–Crippen MR) is 123 cm³/mol. The van der Waals surface area contributed by atoms with Gasteiger partial charge in [-0.2, -0.15) is 74.6 Å².